The first kappa shape index (κ1) is 19.1. The van der Waals surface area contributed by atoms with E-state index in [0.29, 0.717) is 0 Å². The molecule has 134 valence electrons. The Morgan fingerprint density at radius 2 is 2.00 bits per heavy atom. The molecule has 0 saturated carbocycles. The number of hydrogen-bond acceptors (Lipinski definition) is 5. The Morgan fingerprint density at radius 3 is 2.64 bits per heavy atom. The van der Waals surface area contributed by atoms with Crippen LogP contribution >= 0.6 is 11.3 Å². The molecule has 0 fully saturated rings. The van der Waals surface area contributed by atoms with Gasteiger partial charge in [-0.05, 0) is 23.8 Å². The van der Waals surface area contributed by atoms with E-state index in [4.69, 9.17) is 5.11 Å². The van der Waals surface area contributed by atoms with Crippen molar-refractivity contribution in [3.8, 4) is 10.6 Å². The predicted molar refractivity (Wildman–Crippen MR) is 103 cm³/mol. The predicted octanol–water partition coefficient (Wildman–Crippen LogP) is 4.63. The maximum atomic E-state index is 10.7. The molecule has 2 rings (SSSR count). The van der Waals surface area contributed by atoms with Crippen LogP contribution in [0.1, 0.15) is 39.2 Å². The van der Waals surface area contributed by atoms with Crippen molar-refractivity contribution in [3.05, 3.63) is 42.0 Å². The third-order valence-corrected chi connectivity index (χ3v) is 4.70. The molecule has 5 nitrogen and oxygen atoms in total. The maximum Gasteiger partial charge on any atom is 0.327 e. The molecule has 2 N–H and O–H groups in total. The number of nitrogens with one attached hydrogen (secondary N) is 1. The van der Waals surface area contributed by atoms with Gasteiger partial charge in [0, 0.05) is 18.2 Å². The van der Waals surface area contributed by atoms with Gasteiger partial charge in [0.2, 0.25) is 5.13 Å². The Labute approximate surface area is 152 Å². The van der Waals surface area contributed by atoms with Crippen LogP contribution in [-0.2, 0) is 11.2 Å². The molecule has 0 radical (unpaired) electrons. The molecule has 6 heteroatoms. The largest absolute Gasteiger partial charge is 0.478 e. The van der Waals surface area contributed by atoms with Crippen molar-refractivity contribution >= 4 is 22.4 Å². The van der Waals surface area contributed by atoms with Crippen LogP contribution in [0.25, 0.3) is 10.6 Å². The van der Waals surface area contributed by atoms with Crippen LogP contribution in [0.5, 0.6) is 0 Å². The van der Waals surface area contributed by atoms with E-state index in [1.165, 1.54) is 6.08 Å². The summed E-state index contributed by atoms with van der Waals surface area (Å²) >= 11 is 1.56. The molecule has 25 heavy (non-hydrogen) atoms. The Morgan fingerprint density at radius 1 is 1.28 bits per heavy atom. The Hall–Kier alpha value is -2.21. The number of benzene rings is 1. The number of rotatable bonds is 9. The standard InChI is InChI=1S/C19H25N3O2S/c1-4-5-12-20-18-22-21-17(25-18)15-8-6-14(7-9-15)13-19(2,3)11-10-16(23)24/h6-11H,4-5,12-13H2,1-3H3,(H,20,22)(H,23,24). The minimum absolute atomic E-state index is 0.209. The highest BCUT2D eigenvalue weighted by molar-refractivity contribution is 7.18. The first-order valence-corrected chi connectivity index (χ1v) is 9.30. The van der Waals surface area contributed by atoms with E-state index in [-0.39, 0.29) is 5.41 Å². The van der Waals surface area contributed by atoms with Crippen molar-refractivity contribution in [2.45, 2.75) is 40.0 Å². The molecule has 1 aromatic heterocycles. The summed E-state index contributed by atoms with van der Waals surface area (Å²) in [6.45, 7) is 7.13. The first-order chi connectivity index (χ1) is 11.9. The lowest BCUT2D eigenvalue weighted by Gasteiger charge is -2.20. The van der Waals surface area contributed by atoms with Gasteiger partial charge in [0.05, 0.1) is 0 Å². The zero-order valence-electron chi connectivity index (χ0n) is 15.0. The molecular formula is C19H25N3O2S. The maximum absolute atomic E-state index is 10.7. The van der Waals surface area contributed by atoms with E-state index >= 15 is 0 Å². The molecule has 1 aromatic carbocycles. The van der Waals surface area contributed by atoms with Crippen molar-refractivity contribution < 1.29 is 9.90 Å². The van der Waals surface area contributed by atoms with Gasteiger partial charge in [-0.2, -0.15) is 0 Å². The summed E-state index contributed by atoms with van der Waals surface area (Å²) in [6.07, 6.45) is 6.00. The number of carbonyl (C=O) groups is 1. The molecule has 0 atom stereocenters. The third-order valence-electron chi connectivity index (χ3n) is 3.77. The molecule has 0 aliphatic heterocycles. The summed E-state index contributed by atoms with van der Waals surface area (Å²) in [5, 5.41) is 22.2. The number of allylic oxidation sites excluding steroid dienone is 1. The molecule has 0 spiro atoms. The summed E-state index contributed by atoms with van der Waals surface area (Å²) in [7, 11) is 0. The van der Waals surface area contributed by atoms with E-state index < -0.39 is 5.97 Å². The molecule has 0 aliphatic carbocycles. The van der Waals surface area contributed by atoms with Crippen molar-refractivity contribution in [1.29, 1.82) is 0 Å². The number of anilines is 1. The fourth-order valence-corrected chi connectivity index (χ4v) is 3.21. The Kier molecular flexibility index (Phi) is 6.70. The van der Waals surface area contributed by atoms with Gasteiger partial charge in [-0.15, -0.1) is 10.2 Å². The highest BCUT2D eigenvalue weighted by Gasteiger charge is 2.15. The molecule has 1 heterocycles. The second-order valence-corrected chi connectivity index (χ2v) is 7.70. The minimum atomic E-state index is -0.914. The van der Waals surface area contributed by atoms with Crippen molar-refractivity contribution in [3.63, 3.8) is 0 Å². The van der Waals surface area contributed by atoms with E-state index in [1.807, 2.05) is 26.0 Å². The third kappa shape index (κ3) is 6.31. The second-order valence-electron chi connectivity index (χ2n) is 6.73. The fraction of sp³-hybridized carbons (Fsp3) is 0.421. The monoisotopic (exact) mass is 359 g/mol. The van der Waals surface area contributed by atoms with Gasteiger partial charge in [0.15, 0.2) is 0 Å². The highest BCUT2D eigenvalue weighted by atomic mass is 32.1. The van der Waals surface area contributed by atoms with Gasteiger partial charge in [-0.25, -0.2) is 4.79 Å². The quantitative estimate of drug-likeness (QED) is 0.504. The summed E-state index contributed by atoms with van der Waals surface area (Å²) in [6, 6.07) is 8.22. The summed E-state index contributed by atoms with van der Waals surface area (Å²) in [5.41, 5.74) is 2.00. The Balaban J connectivity index is 2.01. The van der Waals surface area contributed by atoms with Crippen LogP contribution in [-0.4, -0.2) is 27.8 Å². The van der Waals surface area contributed by atoms with Gasteiger partial charge in [-0.1, -0.05) is 68.9 Å². The second kappa shape index (κ2) is 8.76. The van der Waals surface area contributed by atoms with Crippen LogP contribution < -0.4 is 5.32 Å². The summed E-state index contributed by atoms with van der Waals surface area (Å²) < 4.78 is 0. The molecule has 2 aromatic rings. The van der Waals surface area contributed by atoms with E-state index in [1.54, 1.807) is 17.4 Å². The zero-order chi connectivity index (χ0) is 18.3. The number of unbranched alkanes of at least 4 members (excludes halogenated alkanes) is 1. The van der Waals surface area contributed by atoms with E-state index in [0.717, 1.165) is 47.1 Å². The van der Waals surface area contributed by atoms with Crippen LogP contribution in [0.2, 0.25) is 0 Å². The summed E-state index contributed by atoms with van der Waals surface area (Å²) in [5.74, 6) is -0.914. The molecular weight excluding hydrogens is 334 g/mol. The van der Waals surface area contributed by atoms with Gasteiger partial charge in [0.1, 0.15) is 5.01 Å². The number of hydrogen-bond donors (Lipinski definition) is 2. The number of carboxylic acid groups (broad SMARTS) is 1. The topological polar surface area (TPSA) is 75.1 Å². The molecule has 0 aliphatic rings. The summed E-state index contributed by atoms with van der Waals surface area (Å²) in [4.78, 5) is 10.7. The van der Waals surface area contributed by atoms with Gasteiger partial charge in [0.25, 0.3) is 0 Å². The lowest BCUT2D eigenvalue weighted by atomic mass is 9.85. The van der Waals surface area contributed by atoms with Crippen LogP contribution in [0.15, 0.2) is 36.4 Å². The number of aliphatic carboxylic acids is 1. The first-order valence-electron chi connectivity index (χ1n) is 8.48. The van der Waals surface area contributed by atoms with Gasteiger partial charge >= 0.3 is 5.97 Å². The van der Waals surface area contributed by atoms with Crippen molar-refractivity contribution in [1.82, 2.24) is 10.2 Å². The van der Waals surface area contributed by atoms with E-state index in [9.17, 15) is 4.79 Å². The molecule has 0 unspecified atom stereocenters. The van der Waals surface area contributed by atoms with E-state index in [2.05, 4.69) is 34.6 Å². The zero-order valence-corrected chi connectivity index (χ0v) is 15.8. The number of aromatic nitrogens is 2. The lowest BCUT2D eigenvalue weighted by Crippen LogP contribution is -2.12. The minimum Gasteiger partial charge on any atom is -0.478 e. The van der Waals surface area contributed by atoms with Crippen molar-refractivity contribution in [2.75, 3.05) is 11.9 Å². The van der Waals surface area contributed by atoms with Gasteiger partial charge < -0.3 is 10.4 Å². The molecule has 0 bridgehead atoms. The Bertz CT molecular complexity index is 721. The highest BCUT2D eigenvalue weighted by Crippen LogP contribution is 2.28. The smallest absolute Gasteiger partial charge is 0.327 e. The van der Waals surface area contributed by atoms with Crippen LogP contribution in [0.3, 0.4) is 0 Å². The van der Waals surface area contributed by atoms with Crippen LogP contribution in [0.4, 0.5) is 5.13 Å². The number of nitrogens with zero attached hydrogens (tertiary/aromatic N) is 2. The SMILES string of the molecule is CCCCNc1nnc(-c2ccc(CC(C)(C)C=CC(=O)O)cc2)s1. The average Bonchev–Trinajstić information content (AvgIpc) is 3.03. The van der Waals surface area contributed by atoms with Crippen molar-refractivity contribution in [2.24, 2.45) is 5.41 Å². The van der Waals surface area contributed by atoms with Crippen LogP contribution in [0, 0.1) is 5.41 Å². The molecule has 0 amide bonds. The fourth-order valence-electron chi connectivity index (χ4n) is 2.43. The average molecular weight is 359 g/mol. The lowest BCUT2D eigenvalue weighted by molar-refractivity contribution is -0.131. The normalized spacial score (nSPS) is 11.8. The number of carboxylic acids is 1. The molecule has 0 saturated heterocycles. The van der Waals surface area contributed by atoms with Gasteiger partial charge in [-0.3, -0.25) is 0 Å².